The Balaban J connectivity index is 1.91. The van der Waals surface area contributed by atoms with Gasteiger partial charge in [-0.25, -0.2) is 13.2 Å². The molecule has 184 valence electrons. The standard InChI is InChI=1S/C25H25ClN2O6S/c1-4-34-25(30)22-15-18(7-14-23(22)26)27-24(29)16-28(19-8-5-17(2)6-9-19)35(31,32)21-12-10-20(33-3)11-13-21/h5-15H,4,16H2,1-3H3,(H,27,29). The summed E-state index contributed by atoms with van der Waals surface area (Å²) in [4.78, 5) is 25.1. The second-order valence-corrected chi connectivity index (χ2v) is 9.76. The van der Waals surface area contributed by atoms with Gasteiger partial charge in [-0.3, -0.25) is 9.10 Å². The van der Waals surface area contributed by atoms with Gasteiger partial charge in [-0.2, -0.15) is 0 Å². The van der Waals surface area contributed by atoms with Gasteiger partial charge in [0.15, 0.2) is 0 Å². The maximum absolute atomic E-state index is 13.5. The number of anilines is 2. The normalized spacial score (nSPS) is 11.0. The van der Waals surface area contributed by atoms with Crippen LogP contribution in [0, 0.1) is 6.92 Å². The molecule has 0 saturated carbocycles. The van der Waals surface area contributed by atoms with Crippen LogP contribution in [0.2, 0.25) is 5.02 Å². The Kier molecular flexibility index (Phi) is 8.37. The fraction of sp³-hybridized carbons (Fsp3) is 0.200. The average molecular weight is 517 g/mol. The summed E-state index contributed by atoms with van der Waals surface area (Å²) in [6.45, 7) is 3.20. The van der Waals surface area contributed by atoms with Crippen molar-refractivity contribution in [3.05, 3.63) is 82.9 Å². The second-order valence-electron chi connectivity index (χ2n) is 7.49. The highest BCUT2D eigenvalue weighted by molar-refractivity contribution is 7.92. The minimum Gasteiger partial charge on any atom is -0.497 e. The third kappa shape index (κ3) is 6.32. The van der Waals surface area contributed by atoms with Gasteiger partial charge in [0.1, 0.15) is 12.3 Å². The van der Waals surface area contributed by atoms with Gasteiger partial charge in [0.25, 0.3) is 10.0 Å². The number of ether oxygens (including phenoxy) is 2. The Labute approximate surface area is 209 Å². The minimum atomic E-state index is -4.09. The number of carbonyl (C=O) groups excluding carboxylic acids is 2. The van der Waals surface area contributed by atoms with E-state index in [-0.39, 0.29) is 27.8 Å². The lowest BCUT2D eigenvalue weighted by Crippen LogP contribution is -2.38. The monoisotopic (exact) mass is 516 g/mol. The van der Waals surface area contributed by atoms with Crippen molar-refractivity contribution >= 4 is 44.9 Å². The van der Waals surface area contributed by atoms with Crippen LogP contribution in [0.3, 0.4) is 0 Å². The average Bonchev–Trinajstić information content (AvgIpc) is 2.84. The number of rotatable bonds is 9. The first kappa shape index (κ1) is 26.1. The topological polar surface area (TPSA) is 102 Å². The SMILES string of the molecule is CCOC(=O)c1cc(NC(=O)CN(c2ccc(C)cc2)S(=O)(=O)c2ccc(OC)cc2)ccc1Cl. The molecular weight excluding hydrogens is 492 g/mol. The number of carbonyl (C=O) groups is 2. The molecule has 35 heavy (non-hydrogen) atoms. The van der Waals surface area contributed by atoms with Crippen LogP contribution in [0.5, 0.6) is 5.75 Å². The minimum absolute atomic E-state index is 0.00256. The molecule has 0 atom stereocenters. The number of hydrogen-bond acceptors (Lipinski definition) is 6. The first-order valence-electron chi connectivity index (χ1n) is 10.7. The van der Waals surface area contributed by atoms with Crippen LogP contribution in [0.1, 0.15) is 22.8 Å². The second kappa shape index (κ2) is 11.2. The lowest BCUT2D eigenvalue weighted by atomic mass is 10.2. The Morgan fingerprint density at radius 3 is 2.26 bits per heavy atom. The maximum Gasteiger partial charge on any atom is 0.339 e. The van der Waals surface area contributed by atoms with Crippen molar-refractivity contribution in [2.75, 3.05) is 29.9 Å². The summed E-state index contributed by atoms with van der Waals surface area (Å²) < 4.78 is 38.1. The number of amides is 1. The van der Waals surface area contributed by atoms with E-state index < -0.39 is 28.4 Å². The van der Waals surface area contributed by atoms with Crippen molar-refractivity contribution in [3.8, 4) is 5.75 Å². The fourth-order valence-corrected chi connectivity index (χ4v) is 4.82. The molecule has 0 unspecified atom stereocenters. The van der Waals surface area contributed by atoms with Gasteiger partial charge < -0.3 is 14.8 Å². The van der Waals surface area contributed by atoms with E-state index in [1.54, 1.807) is 31.2 Å². The van der Waals surface area contributed by atoms with Crippen molar-refractivity contribution in [2.24, 2.45) is 0 Å². The van der Waals surface area contributed by atoms with Crippen molar-refractivity contribution in [1.29, 1.82) is 0 Å². The quantitative estimate of drug-likeness (QED) is 0.415. The molecule has 3 rings (SSSR count). The largest absolute Gasteiger partial charge is 0.497 e. The molecular formula is C25H25ClN2O6S. The highest BCUT2D eigenvalue weighted by Gasteiger charge is 2.27. The molecule has 1 amide bonds. The van der Waals surface area contributed by atoms with Gasteiger partial charge in [-0.05, 0) is 68.4 Å². The van der Waals surface area contributed by atoms with Gasteiger partial charge in [-0.1, -0.05) is 29.3 Å². The number of nitrogens with zero attached hydrogens (tertiary/aromatic N) is 1. The zero-order chi connectivity index (χ0) is 25.6. The number of benzene rings is 3. The number of methoxy groups -OCH3 is 1. The van der Waals surface area contributed by atoms with Crippen molar-refractivity contribution in [3.63, 3.8) is 0 Å². The van der Waals surface area contributed by atoms with E-state index in [1.807, 2.05) is 6.92 Å². The van der Waals surface area contributed by atoms with Gasteiger partial charge in [0, 0.05) is 5.69 Å². The predicted octanol–water partition coefficient (Wildman–Crippen LogP) is 4.67. The number of esters is 1. The molecule has 3 aromatic carbocycles. The zero-order valence-corrected chi connectivity index (χ0v) is 21.0. The summed E-state index contributed by atoms with van der Waals surface area (Å²) in [5, 5.41) is 2.80. The summed E-state index contributed by atoms with van der Waals surface area (Å²) in [6.07, 6.45) is 0. The maximum atomic E-state index is 13.5. The van der Waals surface area contributed by atoms with Crippen LogP contribution in [0.25, 0.3) is 0 Å². The molecule has 0 saturated heterocycles. The van der Waals surface area contributed by atoms with E-state index >= 15 is 0 Å². The highest BCUT2D eigenvalue weighted by atomic mass is 35.5. The summed E-state index contributed by atoms with van der Waals surface area (Å²) in [5.74, 6) is -0.736. The van der Waals surface area contributed by atoms with Crippen LogP contribution >= 0.6 is 11.6 Å². The molecule has 3 aromatic rings. The van der Waals surface area contributed by atoms with Crippen LogP contribution in [0.4, 0.5) is 11.4 Å². The number of sulfonamides is 1. The predicted molar refractivity (Wildman–Crippen MR) is 135 cm³/mol. The van der Waals surface area contributed by atoms with Gasteiger partial charge in [0.05, 0.1) is 34.9 Å². The van der Waals surface area contributed by atoms with Crippen molar-refractivity contribution in [1.82, 2.24) is 0 Å². The number of nitrogens with one attached hydrogen (secondary N) is 1. The molecule has 0 bridgehead atoms. The summed E-state index contributed by atoms with van der Waals surface area (Å²) >= 11 is 6.08. The molecule has 0 aliphatic carbocycles. The molecule has 1 N–H and O–H groups in total. The molecule has 0 spiro atoms. The third-order valence-electron chi connectivity index (χ3n) is 5.00. The molecule has 8 nitrogen and oxygen atoms in total. The molecule has 10 heteroatoms. The lowest BCUT2D eigenvalue weighted by molar-refractivity contribution is -0.114. The molecule has 0 aliphatic rings. The van der Waals surface area contributed by atoms with Crippen LogP contribution < -0.4 is 14.4 Å². The molecule has 0 aliphatic heterocycles. The number of halogens is 1. The number of hydrogen-bond donors (Lipinski definition) is 1. The smallest absolute Gasteiger partial charge is 0.339 e. The summed E-state index contributed by atoms with van der Waals surface area (Å²) in [6, 6.07) is 17.0. The zero-order valence-electron chi connectivity index (χ0n) is 19.4. The van der Waals surface area contributed by atoms with E-state index in [0.29, 0.717) is 11.4 Å². The molecule has 0 aromatic heterocycles. The summed E-state index contributed by atoms with van der Waals surface area (Å²) in [7, 11) is -2.61. The number of aryl methyl sites for hydroxylation is 1. The molecule has 0 radical (unpaired) electrons. The Bertz CT molecular complexity index is 1310. The Morgan fingerprint density at radius 2 is 1.66 bits per heavy atom. The van der Waals surface area contributed by atoms with E-state index in [2.05, 4.69) is 5.32 Å². The lowest BCUT2D eigenvalue weighted by Gasteiger charge is -2.24. The van der Waals surface area contributed by atoms with Gasteiger partial charge >= 0.3 is 5.97 Å². The van der Waals surface area contributed by atoms with Gasteiger partial charge in [-0.15, -0.1) is 0 Å². The van der Waals surface area contributed by atoms with Gasteiger partial charge in [0.2, 0.25) is 5.91 Å². The van der Waals surface area contributed by atoms with E-state index in [9.17, 15) is 18.0 Å². The third-order valence-corrected chi connectivity index (χ3v) is 7.12. The van der Waals surface area contributed by atoms with Crippen LogP contribution in [-0.4, -0.2) is 40.6 Å². The Morgan fingerprint density at radius 1 is 1.00 bits per heavy atom. The van der Waals surface area contributed by atoms with Crippen molar-refractivity contribution < 1.29 is 27.5 Å². The first-order chi connectivity index (χ1) is 16.6. The Hall–Kier alpha value is -3.56. The fourth-order valence-electron chi connectivity index (χ4n) is 3.20. The highest BCUT2D eigenvalue weighted by Crippen LogP contribution is 2.26. The van der Waals surface area contributed by atoms with E-state index in [0.717, 1.165) is 9.87 Å². The van der Waals surface area contributed by atoms with E-state index in [1.165, 1.54) is 49.6 Å². The molecule has 0 heterocycles. The van der Waals surface area contributed by atoms with E-state index in [4.69, 9.17) is 21.1 Å². The van der Waals surface area contributed by atoms with Crippen molar-refractivity contribution in [2.45, 2.75) is 18.7 Å². The van der Waals surface area contributed by atoms with Crippen LogP contribution in [-0.2, 0) is 19.6 Å². The molecule has 0 fully saturated rings. The first-order valence-corrected chi connectivity index (χ1v) is 12.5. The summed E-state index contributed by atoms with van der Waals surface area (Å²) in [5.41, 5.74) is 1.62. The van der Waals surface area contributed by atoms with Crippen LogP contribution in [0.15, 0.2) is 71.6 Å².